The van der Waals surface area contributed by atoms with E-state index in [-0.39, 0.29) is 0 Å². The number of hydrogen-bond donors (Lipinski definition) is 1. The Balaban J connectivity index is 2.31. The summed E-state index contributed by atoms with van der Waals surface area (Å²) in [6, 6.07) is 2.34. The molecule has 0 fully saturated rings. The van der Waals surface area contributed by atoms with Gasteiger partial charge < -0.3 is 0 Å². The van der Waals surface area contributed by atoms with Crippen molar-refractivity contribution < 1.29 is 0 Å². The first-order valence-corrected chi connectivity index (χ1v) is 5.69. The van der Waals surface area contributed by atoms with Crippen LogP contribution in [0.5, 0.6) is 0 Å². The van der Waals surface area contributed by atoms with Crippen LogP contribution in [0.25, 0.3) is 0 Å². The first-order valence-electron chi connectivity index (χ1n) is 5.69. The molecule has 1 atom stereocenters. The van der Waals surface area contributed by atoms with Crippen LogP contribution in [0.15, 0.2) is 12.7 Å². The van der Waals surface area contributed by atoms with Crippen molar-refractivity contribution in [1.29, 1.82) is 5.26 Å². The summed E-state index contributed by atoms with van der Waals surface area (Å²) < 4.78 is 1.79. The molecule has 1 N–H and O–H groups in total. The Kier molecular flexibility index (Phi) is 4.93. The van der Waals surface area contributed by atoms with Crippen LogP contribution in [-0.2, 0) is 6.54 Å². The van der Waals surface area contributed by atoms with Crippen LogP contribution >= 0.6 is 0 Å². The fourth-order valence-corrected chi connectivity index (χ4v) is 1.53. The van der Waals surface area contributed by atoms with Gasteiger partial charge in [0.2, 0.25) is 0 Å². The average Bonchev–Trinajstić information content (AvgIpc) is 2.79. The lowest BCUT2D eigenvalue weighted by molar-refractivity contribution is 0.389. The van der Waals surface area contributed by atoms with E-state index < -0.39 is 5.54 Å². The summed E-state index contributed by atoms with van der Waals surface area (Å²) in [7, 11) is 0. The van der Waals surface area contributed by atoms with Crippen molar-refractivity contribution in [1.82, 2.24) is 20.1 Å². The molecule has 5 heteroatoms. The van der Waals surface area contributed by atoms with Crippen LogP contribution in [0.2, 0.25) is 0 Å². The van der Waals surface area contributed by atoms with E-state index in [0.717, 1.165) is 32.4 Å². The first kappa shape index (κ1) is 12.7. The van der Waals surface area contributed by atoms with Crippen molar-refractivity contribution in [2.75, 3.05) is 6.54 Å². The summed E-state index contributed by atoms with van der Waals surface area (Å²) in [4.78, 5) is 3.88. The summed E-state index contributed by atoms with van der Waals surface area (Å²) in [6.45, 7) is 5.74. The normalized spacial score (nSPS) is 14.3. The molecule has 0 aliphatic heterocycles. The number of aromatic nitrogens is 3. The number of hydrogen-bond acceptors (Lipinski definition) is 4. The minimum absolute atomic E-state index is 0.420. The van der Waals surface area contributed by atoms with Gasteiger partial charge in [0.15, 0.2) is 0 Å². The second-order valence-corrected chi connectivity index (χ2v) is 4.13. The number of aryl methyl sites for hydroxylation is 1. The van der Waals surface area contributed by atoms with Crippen LogP contribution in [0.3, 0.4) is 0 Å². The summed E-state index contributed by atoms with van der Waals surface area (Å²) in [5.41, 5.74) is -0.420. The van der Waals surface area contributed by atoms with E-state index >= 15 is 0 Å². The highest BCUT2D eigenvalue weighted by atomic mass is 15.3. The zero-order valence-corrected chi connectivity index (χ0v) is 9.98. The lowest BCUT2D eigenvalue weighted by Gasteiger charge is -2.22. The monoisotopic (exact) mass is 221 g/mol. The highest BCUT2D eigenvalue weighted by Crippen LogP contribution is 2.11. The van der Waals surface area contributed by atoms with E-state index in [1.807, 2.05) is 6.92 Å². The van der Waals surface area contributed by atoms with E-state index in [2.05, 4.69) is 28.4 Å². The molecule has 1 aromatic rings. The predicted octanol–water partition coefficient (Wildman–Crippen LogP) is 1.34. The van der Waals surface area contributed by atoms with Crippen molar-refractivity contribution in [3.63, 3.8) is 0 Å². The number of nitrogens with one attached hydrogen (secondary N) is 1. The van der Waals surface area contributed by atoms with Crippen molar-refractivity contribution in [3.05, 3.63) is 12.7 Å². The molecule has 1 rings (SSSR count). The molecular formula is C11H19N5. The second-order valence-electron chi connectivity index (χ2n) is 4.13. The van der Waals surface area contributed by atoms with Crippen LogP contribution in [-0.4, -0.2) is 26.8 Å². The molecule has 1 aromatic heterocycles. The van der Waals surface area contributed by atoms with Crippen molar-refractivity contribution in [2.45, 2.75) is 45.2 Å². The summed E-state index contributed by atoms with van der Waals surface area (Å²) in [5, 5.41) is 16.4. The lowest BCUT2D eigenvalue weighted by Crippen LogP contribution is -2.41. The molecule has 0 bridgehead atoms. The van der Waals surface area contributed by atoms with E-state index in [1.165, 1.54) is 6.33 Å². The maximum atomic E-state index is 9.12. The van der Waals surface area contributed by atoms with Gasteiger partial charge in [0, 0.05) is 6.54 Å². The van der Waals surface area contributed by atoms with Gasteiger partial charge in [0.05, 0.1) is 6.07 Å². The highest BCUT2D eigenvalue weighted by molar-refractivity contribution is 5.03. The third kappa shape index (κ3) is 3.99. The fourth-order valence-electron chi connectivity index (χ4n) is 1.53. The summed E-state index contributed by atoms with van der Waals surface area (Å²) >= 11 is 0. The Morgan fingerprint density at radius 1 is 1.56 bits per heavy atom. The van der Waals surface area contributed by atoms with Crippen LogP contribution in [0.4, 0.5) is 0 Å². The van der Waals surface area contributed by atoms with E-state index in [1.54, 1.807) is 11.0 Å². The first-order chi connectivity index (χ1) is 7.70. The molecule has 0 saturated heterocycles. The third-order valence-electron chi connectivity index (χ3n) is 2.54. The van der Waals surface area contributed by atoms with E-state index in [0.29, 0.717) is 0 Å². The van der Waals surface area contributed by atoms with Crippen LogP contribution in [0, 0.1) is 11.3 Å². The molecule has 5 nitrogen and oxygen atoms in total. The molecule has 1 unspecified atom stereocenters. The van der Waals surface area contributed by atoms with Gasteiger partial charge in [0.25, 0.3) is 0 Å². The molecule has 88 valence electrons. The molecule has 0 aromatic carbocycles. The SMILES string of the molecule is CCCNC(C)(C#N)CCCn1cncn1. The summed E-state index contributed by atoms with van der Waals surface area (Å²) in [6.07, 6.45) is 6.01. The van der Waals surface area contributed by atoms with Crippen molar-refractivity contribution >= 4 is 0 Å². The third-order valence-corrected chi connectivity index (χ3v) is 2.54. The quantitative estimate of drug-likeness (QED) is 0.754. The second kappa shape index (κ2) is 6.23. The Bertz CT molecular complexity index is 327. The zero-order chi connectivity index (χ0) is 11.9. The van der Waals surface area contributed by atoms with Gasteiger partial charge in [-0.1, -0.05) is 6.92 Å². The predicted molar refractivity (Wildman–Crippen MR) is 61.6 cm³/mol. The minimum atomic E-state index is -0.420. The van der Waals surface area contributed by atoms with E-state index in [4.69, 9.17) is 5.26 Å². The van der Waals surface area contributed by atoms with Gasteiger partial charge in [-0.05, 0) is 32.7 Å². The number of nitrogens with zero attached hydrogens (tertiary/aromatic N) is 4. The molecule has 0 radical (unpaired) electrons. The standard InChI is InChI=1S/C11H19N5/c1-3-6-14-11(2,8-12)5-4-7-16-10-13-9-15-16/h9-10,14H,3-7H2,1-2H3. The molecule has 0 saturated carbocycles. The number of rotatable bonds is 7. The molecule has 0 aliphatic carbocycles. The molecule has 1 heterocycles. The van der Waals surface area contributed by atoms with Gasteiger partial charge in [-0.3, -0.25) is 10.00 Å². The van der Waals surface area contributed by atoms with Gasteiger partial charge in [-0.2, -0.15) is 10.4 Å². The molecule has 0 spiro atoms. The summed E-state index contributed by atoms with van der Waals surface area (Å²) in [5.74, 6) is 0. The highest BCUT2D eigenvalue weighted by Gasteiger charge is 2.21. The Morgan fingerprint density at radius 3 is 2.94 bits per heavy atom. The van der Waals surface area contributed by atoms with Gasteiger partial charge >= 0.3 is 0 Å². The van der Waals surface area contributed by atoms with Gasteiger partial charge in [-0.25, -0.2) is 4.98 Å². The van der Waals surface area contributed by atoms with E-state index in [9.17, 15) is 0 Å². The fraction of sp³-hybridized carbons (Fsp3) is 0.727. The average molecular weight is 221 g/mol. The number of nitriles is 1. The van der Waals surface area contributed by atoms with Crippen molar-refractivity contribution in [2.24, 2.45) is 0 Å². The maximum absolute atomic E-state index is 9.12. The van der Waals surface area contributed by atoms with Gasteiger partial charge in [0.1, 0.15) is 18.2 Å². The minimum Gasteiger partial charge on any atom is -0.300 e. The largest absolute Gasteiger partial charge is 0.300 e. The van der Waals surface area contributed by atoms with Crippen LogP contribution < -0.4 is 5.32 Å². The molecule has 0 aliphatic rings. The topological polar surface area (TPSA) is 66.5 Å². The molecule has 16 heavy (non-hydrogen) atoms. The Labute approximate surface area is 96.5 Å². The molecular weight excluding hydrogens is 202 g/mol. The smallest absolute Gasteiger partial charge is 0.137 e. The zero-order valence-electron chi connectivity index (χ0n) is 9.98. The molecule has 0 amide bonds. The van der Waals surface area contributed by atoms with Crippen molar-refractivity contribution in [3.8, 4) is 6.07 Å². The Hall–Kier alpha value is -1.41. The Morgan fingerprint density at radius 2 is 2.38 bits per heavy atom. The lowest BCUT2D eigenvalue weighted by atomic mass is 9.97. The van der Waals surface area contributed by atoms with Crippen LogP contribution in [0.1, 0.15) is 33.1 Å². The maximum Gasteiger partial charge on any atom is 0.137 e. The van der Waals surface area contributed by atoms with Gasteiger partial charge in [-0.15, -0.1) is 0 Å².